The summed E-state index contributed by atoms with van der Waals surface area (Å²) < 4.78 is 127. The van der Waals surface area contributed by atoms with Gasteiger partial charge in [0, 0.05) is 36.8 Å². The van der Waals surface area contributed by atoms with E-state index in [9.17, 15) is 63.8 Å². The summed E-state index contributed by atoms with van der Waals surface area (Å²) in [5, 5.41) is 24.8. The predicted octanol–water partition coefficient (Wildman–Crippen LogP) is 8.04. The summed E-state index contributed by atoms with van der Waals surface area (Å²) >= 11 is 0. The molecule has 0 bridgehead atoms. The van der Waals surface area contributed by atoms with Gasteiger partial charge in [-0.05, 0) is 134 Å². The fraction of sp³-hybridized carbons (Fsp3) is 0.259. The molecule has 2 saturated heterocycles. The third-order valence-corrected chi connectivity index (χ3v) is 17.3. The molecule has 16 nitrogen and oxygen atoms in total. The molecule has 0 aliphatic carbocycles. The number of carboxylic acid groups (broad SMARTS) is 2. The molecule has 396 valence electrons. The Kier molecular flexibility index (Phi) is 14.1. The molecule has 0 unspecified atom stereocenters. The number of aryl methyl sites for hydroxylation is 2. The molecule has 4 atom stereocenters. The first kappa shape index (κ1) is 52.9. The predicted molar refractivity (Wildman–Crippen MR) is 269 cm³/mol. The molecule has 2 amide bonds. The summed E-state index contributed by atoms with van der Waals surface area (Å²) in [5.74, 6) is -5.71. The molecule has 76 heavy (non-hydrogen) atoms. The van der Waals surface area contributed by atoms with Gasteiger partial charge in [0.1, 0.15) is 58.1 Å². The van der Waals surface area contributed by atoms with Crippen LogP contribution in [0, 0.1) is 37.1 Å². The van der Waals surface area contributed by atoms with E-state index in [4.69, 9.17) is 9.47 Å². The summed E-state index contributed by atoms with van der Waals surface area (Å²) in [6, 6.07) is 27.2. The van der Waals surface area contributed by atoms with Gasteiger partial charge in [-0.1, -0.05) is 36.4 Å². The van der Waals surface area contributed by atoms with E-state index in [-0.39, 0.29) is 107 Å². The fourth-order valence-electron chi connectivity index (χ4n) is 9.89. The van der Waals surface area contributed by atoms with Crippen molar-refractivity contribution < 1.29 is 73.3 Å². The minimum atomic E-state index is -4.18. The normalized spacial score (nSPS) is 21.0. The topological polar surface area (TPSA) is 226 Å². The highest BCUT2D eigenvalue weighted by Gasteiger charge is 2.50. The van der Waals surface area contributed by atoms with Crippen molar-refractivity contribution in [3.05, 3.63) is 156 Å². The van der Waals surface area contributed by atoms with Gasteiger partial charge < -0.3 is 30.3 Å². The molecule has 6 aromatic rings. The number of hydrogen-bond acceptors (Lipinski definition) is 10. The fourth-order valence-corrected chi connectivity index (χ4v) is 13.1. The van der Waals surface area contributed by atoms with Gasteiger partial charge in [0.25, 0.3) is 20.0 Å². The maximum atomic E-state index is 14.5. The molecular formula is C54H48F4N4O12S2. The van der Waals surface area contributed by atoms with Crippen LogP contribution in [0.4, 0.5) is 28.9 Å². The number of nitrogens with one attached hydrogen (secondary N) is 2. The van der Waals surface area contributed by atoms with E-state index >= 15 is 0 Å². The van der Waals surface area contributed by atoms with E-state index in [1.54, 1.807) is 38.1 Å². The van der Waals surface area contributed by atoms with Crippen LogP contribution in [0.15, 0.2) is 131 Å². The van der Waals surface area contributed by atoms with Crippen molar-refractivity contribution >= 4 is 55.2 Å². The number of anilines is 2. The molecule has 4 aliphatic rings. The lowest BCUT2D eigenvalue weighted by molar-refractivity contribution is -0.147. The lowest BCUT2D eigenvalue weighted by Gasteiger charge is -2.38. The standard InChI is InChI=1S/2C27H24F2N2O6S/c2*1-16-3-2-4-20(11-16)38(35,36)31-15-19(14-27(26(33)34)10-9-25(32)30-27)37-24-8-5-17(12-23(24)31)21-13-18(28)6-7-22(21)29/h2*2-8,11-13,19H,9-10,14-15H2,1H3,(H,30,32)(H,33,34)/t19-,27+;19-,27-/m00/s1. The number of carbonyl (C=O) groups excluding carboxylic acids is 2. The number of hydrogen-bond donors (Lipinski definition) is 4. The maximum absolute atomic E-state index is 14.5. The SMILES string of the molecule is Cc1cccc(S(=O)(=O)N2C[C@H](C[C@@]3(C(=O)O)CCC(=O)N3)Oc3ccc(-c4cc(F)ccc4F)cc32)c1.Cc1cccc(S(=O)(=O)N2C[C@H](C[C@]3(C(=O)O)CCC(=O)N3)Oc3ccc(-c4cc(F)ccc4F)cc32)c1. The van der Waals surface area contributed by atoms with Gasteiger partial charge in [0.05, 0.1) is 34.3 Å². The highest BCUT2D eigenvalue weighted by Crippen LogP contribution is 2.44. The van der Waals surface area contributed by atoms with Crippen LogP contribution in [0.2, 0.25) is 0 Å². The second-order valence-electron chi connectivity index (χ2n) is 19.1. The highest BCUT2D eigenvalue weighted by molar-refractivity contribution is 7.93. The Balaban J connectivity index is 0.000000186. The second kappa shape index (κ2) is 20.3. The molecule has 0 spiro atoms. The van der Waals surface area contributed by atoms with Gasteiger partial charge in [0.2, 0.25) is 11.8 Å². The molecule has 10 rings (SSSR count). The van der Waals surface area contributed by atoms with E-state index < -0.39 is 90.4 Å². The van der Waals surface area contributed by atoms with Gasteiger partial charge in [0.15, 0.2) is 0 Å². The van der Waals surface area contributed by atoms with Gasteiger partial charge in [-0.15, -0.1) is 0 Å². The maximum Gasteiger partial charge on any atom is 0.329 e. The summed E-state index contributed by atoms with van der Waals surface area (Å²) in [7, 11) is -8.36. The number of fused-ring (bicyclic) bond motifs is 2. The van der Waals surface area contributed by atoms with Crippen LogP contribution in [-0.4, -0.2) is 87.2 Å². The molecule has 6 aromatic carbocycles. The third kappa shape index (κ3) is 10.4. The van der Waals surface area contributed by atoms with E-state index in [0.717, 1.165) is 45.0 Å². The Morgan fingerprint density at radius 2 is 0.974 bits per heavy atom. The Morgan fingerprint density at radius 3 is 1.32 bits per heavy atom. The van der Waals surface area contributed by atoms with Crippen LogP contribution in [-0.2, 0) is 39.2 Å². The molecule has 0 aromatic heterocycles. The van der Waals surface area contributed by atoms with Crippen LogP contribution in [0.3, 0.4) is 0 Å². The molecule has 0 saturated carbocycles. The molecule has 2 fully saturated rings. The van der Waals surface area contributed by atoms with Crippen molar-refractivity contribution in [3.8, 4) is 33.8 Å². The van der Waals surface area contributed by atoms with E-state index in [1.807, 2.05) is 0 Å². The molecule has 4 N–H and O–H groups in total. The smallest absolute Gasteiger partial charge is 0.329 e. The Bertz CT molecular complexity index is 3350. The quantitative estimate of drug-likeness (QED) is 0.0855. The van der Waals surface area contributed by atoms with Crippen molar-refractivity contribution in [2.24, 2.45) is 0 Å². The average Bonchev–Trinajstić information content (AvgIpc) is 3.98. The van der Waals surface area contributed by atoms with Gasteiger partial charge in [-0.25, -0.2) is 44.0 Å². The zero-order valence-corrected chi connectivity index (χ0v) is 42.2. The number of halogens is 4. The second-order valence-corrected chi connectivity index (χ2v) is 22.8. The number of carboxylic acids is 2. The summed E-state index contributed by atoms with van der Waals surface area (Å²) in [6.07, 6.45) is -2.05. The lowest BCUT2D eigenvalue weighted by Crippen LogP contribution is -2.54. The van der Waals surface area contributed by atoms with Crippen LogP contribution >= 0.6 is 0 Å². The Morgan fingerprint density at radius 1 is 0.579 bits per heavy atom. The largest absolute Gasteiger partial charge is 0.486 e. The number of aliphatic carboxylic acids is 2. The van der Waals surface area contributed by atoms with Crippen molar-refractivity contribution in [3.63, 3.8) is 0 Å². The summed E-state index contributed by atoms with van der Waals surface area (Å²) in [6.45, 7) is 2.98. The minimum Gasteiger partial charge on any atom is -0.486 e. The first-order chi connectivity index (χ1) is 36.0. The minimum absolute atomic E-state index is 0.00792. The van der Waals surface area contributed by atoms with Gasteiger partial charge >= 0.3 is 11.9 Å². The zero-order chi connectivity index (χ0) is 54.5. The van der Waals surface area contributed by atoms with Crippen LogP contribution in [0.25, 0.3) is 22.3 Å². The number of amides is 2. The Hall–Kier alpha value is -7.98. The summed E-state index contributed by atoms with van der Waals surface area (Å²) in [5.41, 5.74) is -1.20. The first-order valence-corrected chi connectivity index (χ1v) is 26.6. The number of sulfonamides is 2. The number of rotatable bonds is 12. The number of carbonyl (C=O) groups is 4. The van der Waals surface area contributed by atoms with Crippen molar-refractivity contribution in [2.45, 2.75) is 85.4 Å². The van der Waals surface area contributed by atoms with E-state index in [2.05, 4.69) is 10.6 Å². The van der Waals surface area contributed by atoms with Crippen molar-refractivity contribution in [1.29, 1.82) is 0 Å². The number of ether oxygens (including phenoxy) is 2. The van der Waals surface area contributed by atoms with Crippen LogP contribution in [0.1, 0.15) is 49.7 Å². The number of nitrogens with zero attached hydrogens (tertiary/aromatic N) is 2. The molecule has 4 aliphatic heterocycles. The average molecular weight is 1090 g/mol. The Labute approximate surface area is 434 Å². The summed E-state index contributed by atoms with van der Waals surface area (Å²) in [4.78, 5) is 48.0. The third-order valence-electron chi connectivity index (χ3n) is 13.7. The number of benzene rings is 6. The zero-order valence-electron chi connectivity index (χ0n) is 40.6. The van der Waals surface area contributed by atoms with Crippen LogP contribution < -0.4 is 28.7 Å². The van der Waals surface area contributed by atoms with Crippen molar-refractivity contribution in [2.75, 3.05) is 21.7 Å². The molecule has 0 radical (unpaired) electrons. The lowest BCUT2D eigenvalue weighted by atomic mass is 9.90. The van der Waals surface area contributed by atoms with E-state index in [1.165, 1.54) is 60.7 Å². The van der Waals surface area contributed by atoms with Crippen LogP contribution in [0.5, 0.6) is 11.5 Å². The van der Waals surface area contributed by atoms with E-state index in [0.29, 0.717) is 11.1 Å². The van der Waals surface area contributed by atoms with Crippen molar-refractivity contribution in [1.82, 2.24) is 10.6 Å². The monoisotopic (exact) mass is 1080 g/mol. The first-order valence-electron chi connectivity index (χ1n) is 23.8. The molecule has 4 heterocycles. The molecular weight excluding hydrogens is 1040 g/mol. The van der Waals surface area contributed by atoms with Gasteiger partial charge in [-0.3, -0.25) is 18.2 Å². The molecule has 22 heteroatoms. The van der Waals surface area contributed by atoms with Gasteiger partial charge in [-0.2, -0.15) is 0 Å². The highest BCUT2D eigenvalue weighted by atomic mass is 32.2.